The van der Waals surface area contributed by atoms with Gasteiger partial charge in [0.25, 0.3) is 0 Å². The highest BCUT2D eigenvalue weighted by molar-refractivity contribution is 7.80. The molecule has 0 aliphatic heterocycles. The molecule has 110 valence electrons. The minimum absolute atomic E-state index is 0.210. The molecule has 0 aromatic heterocycles. The van der Waals surface area contributed by atoms with E-state index >= 15 is 0 Å². The van der Waals surface area contributed by atoms with Gasteiger partial charge in [0.15, 0.2) is 5.11 Å². The number of hydrazone groups is 1. The van der Waals surface area contributed by atoms with Gasteiger partial charge in [-0.1, -0.05) is 69.4 Å². The molecular weight excluding hydrogens is 266 g/mol. The van der Waals surface area contributed by atoms with E-state index in [-0.39, 0.29) is 5.11 Å². The topological polar surface area (TPSA) is 50.4 Å². The second kappa shape index (κ2) is 10.4. The molecule has 20 heavy (non-hydrogen) atoms. The van der Waals surface area contributed by atoms with Crippen LogP contribution in [0.1, 0.15) is 57.4 Å². The second-order valence-electron chi connectivity index (χ2n) is 4.92. The molecule has 0 unspecified atom stereocenters. The number of rotatable bonds is 9. The fraction of sp³-hybridized carbons (Fsp3) is 0.500. The summed E-state index contributed by atoms with van der Waals surface area (Å²) in [6.45, 7) is 2.24. The van der Waals surface area contributed by atoms with Crippen molar-refractivity contribution in [1.29, 1.82) is 0 Å². The van der Waals surface area contributed by atoms with Crippen LogP contribution < -0.4 is 11.2 Å². The lowest BCUT2D eigenvalue weighted by Gasteiger charge is -2.07. The number of thiocarbonyl (C=S) groups is 1. The maximum Gasteiger partial charge on any atom is 0.184 e. The smallest absolute Gasteiger partial charge is 0.184 e. The van der Waals surface area contributed by atoms with E-state index in [1.54, 1.807) is 0 Å². The van der Waals surface area contributed by atoms with E-state index in [1.165, 1.54) is 32.1 Å². The van der Waals surface area contributed by atoms with Crippen LogP contribution in [0.25, 0.3) is 0 Å². The lowest BCUT2D eigenvalue weighted by atomic mass is 10.0. The molecule has 3 nitrogen and oxygen atoms in total. The largest absolute Gasteiger partial charge is 0.375 e. The fourth-order valence-corrected chi connectivity index (χ4v) is 2.14. The number of nitrogens with zero attached hydrogens (tertiary/aromatic N) is 1. The highest BCUT2D eigenvalue weighted by Gasteiger charge is 2.03. The number of hydrogen-bond donors (Lipinski definition) is 2. The number of hydrogen-bond acceptors (Lipinski definition) is 2. The van der Waals surface area contributed by atoms with E-state index in [4.69, 9.17) is 18.0 Å². The zero-order valence-corrected chi connectivity index (χ0v) is 13.1. The summed E-state index contributed by atoms with van der Waals surface area (Å²) in [7, 11) is 0. The lowest BCUT2D eigenvalue weighted by molar-refractivity contribution is 0.615. The fourth-order valence-electron chi connectivity index (χ4n) is 2.09. The molecule has 4 heteroatoms. The minimum Gasteiger partial charge on any atom is -0.375 e. The third kappa shape index (κ3) is 7.24. The molecular formula is C16H25N3S. The number of benzene rings is 1. The molecule has 0 bridgehead atoms. The van der Waals surface area contributed by atoms with Crippen molar-refractivity contribution >= 4 is 23.0 Å². The Balaban J connectivity index is 2.47. The Morgan fingerprint density at radius 2 is 1.75 bits per heavy atom. The normalized spacial score (nSPS) is 11.3. The molecule has 0 aliphatic carbocycles. The van der Waals surface area contributed by atoms with Crippen molar-refractivity contribution < 1.29 is 0 Å². The predicted octanol–water partition coefficient (Wildman–Crippen LogP) is 3.97. The Labute approximate surface area is 127 Å². The van der Waals surface area contributed by atoms with E-state index in [2.05, 4.69) is 29.6 Å². The summed E-state index contributed by atoms with van der Waals surface area (Å²) in [4.78, 5) is 0. The molecule has 0 fully saturated rings. The van der Waals surface area contributed by atoms with E-state index in [0.717, 1.165) is 24.1 Å². The Kier molecular flexibility index (Phi) is 8.63. The lowest BCUT2D eigenvalue weighted by Crippen LogP contribution is -2.25. The van der Waals surface area contributed by atoms with Crippen molar-refractivity contribution in [1.82, 2.24) is 5.43 Å². The SMILES string of the molecule is CCCCCCCC/C(=N/NC(N)=S)c1ccccc1. The summed E-state index contributed by atoms with van der Waals surface area (Å²) in [5, 5.41) is 4.54. The van der Waals surface area contributed by atoms with Crippen LogP contribution in [0.5, 0.6) is 0 Å². The van der Waals surface area contributed by atoms with Gasteiger partial charge in [0, 0.05) is 0 Å². The van der Waals surface area contributed by atoms with Gasteiger partial charge < -0.3 is 5.73 Å². The van der Waals surface area contributed by atoms with E-state index in [0.29, 0.717) is 0 Å². The van der Waals surface area contributed by atoms with Crippen molar-refractivity contribution in [2.45, 2.75) is 51.9 Å². The van der Waals surface area contributed by atoms with Crippen LogP contribution in [0.15, 0.2) is 35.4 Å². The first-order valence-electron chi connectivity index (χ1n) is 7.41. The van der Waals surface area contributed by atoms with Gasteiger partial charge in [-0.2, -0.15) is 5.10 Å². The van der Waals surface area contributed by atoms with Crippen LogP contribution in [0, 0.1) is 0 Å². The van der Waals surface area contributed by atoms with E-state index < -0.39 is 0 Å². The van der Waals surface area contributed by atoms with Gasteiger partial charge in [-0.3, -0.25) is 5.43 Å². The first-order valence-corrected chi connectivity index (χ1v) is 7.82. The zero-order valence-electron chi connectivity index (χ0n) is 12.3. The molecule has 0 aliphatic rings. The standard InChI is InChI=1S/C16H25N3S/c1-2-3-4-5-6-10-13-15(18-19-16(17)20)14-11-8-7-9-12-14/h7-9,11-12H,2-6,10,13H2,1H3,(H3,17,19,20)/b18-15-. The van der Waals surface area contributed by atoms with Crippen molar-refractivity contribution in [2.75, 3.05) is 0 Å². The van der Waals surface area contributed by atoms with Gasteiger partial charge >= 0.3 is 0 Å². The highest BCUT2D eigenvalue weighted by Crippen LogP contribution is 2.11. The minimum atomic E-state index is 0.210. The molecule has 0 radical (unpaired) electrons. The summed E-state index contributed by atoms with van der Waals surface area (Å²) in [5.41, 5.74) is 10.3. The zero-order chi connectivity index (χ0) is 14.6. The Hall–Kier alpha value is -1.42. The van der Waals surface area contributed by atoms with E-state index in [9.17, 15) is 0 Å². The molecule has 0 atom stereocenters. The van der Waals surface area contributed by atoms with Crippen LogP contribution in [-0.4, -0.2) is 10.8 Å². The van der Waals surface area contributed by atoms with Crippen molar-refractivity contribution in [3.05, 3.63) is 35.9 Å². The third-order valence-electron chi connectivity index (χ3n) is 3.18. The molecule has 1 aromatic rings. The number of unbranched alkanes of at least 4 members (excludes halogenated alkanes) is 5. The van der Waals surface area contributed by atoms with E-state index in [1.807, 2.05) is 18.2 Å². The molecule has 0 spiro atoms. The Morgan fingerprint density at radius 3 is 2.40 bits per heavy atom. The maximum atomic E-state index is 5.44. The Bertz CT molecular complexity index is 415. The second-order valence-corrected chi connectivity index (χ2v) is 5.36. The summed E-state index contributed by atoms with van der Waals surface area (Å²) < 4.78 is 0. The van der Waals surface area contributed by atoms with Crippen LogP contribution in [0.3, 0.4) is 0 Å². The third-order valence-corrected chi connectivity index (χ3v) is 3.27. The van der Waals surface area contributed by atoms with Gasteiger partial charge in [0.1, 0.15) is 0 Å². The van der Waals surface area contributed by atoms with Gasteiger partial charge in [0.2, 0.25) is 0 Å². The van der Waals surface area contributed by atoms with Crippen molar-refractivity contribution in [2.24, 2.45) is 10.8 Å². The molecule has 0 amide bonds. The predicted molar refractivity (Wildman–Crippen MR) is 90.9 cm³/mol. The summed E-state index contributed by atoms with van der Waals surface area (Å²) in [6.07, 6.45) is 8.61. The van der Waals surface area contributed by atoms with Crippen LogP contribution in [0.2, 0.25) is 0 Å². The van der Waals surface area contributed by atoms with Crippen molar-refractivity contribution in [3.63, 3.8) is 0 Å². The van der Waals surface area contributed by atoms with Gasteiger partial charge in [-0.25, -0.2) is 0 Å². The van der Waals surface area contributed by atoms with Crippen molar-refractivity contribution in [3.8, 4) is 0 Å². The average Bonchev–Trinajstić information content (AvgIpc) is 2.46. The average molecular weight is 291 g/mol. The first-order chi connectivity index (χ1) is 9.74. The van der Waals surface area contributed by atoms with Crippen LogP contribution in [0.4, 0.5) is 0 Å². The van der Waals surface area contributed by atoms with Crippen LogP contribution in [-0.2, 0) is 0 Å². The number of nitrogens with one attached hydrogen (secondary N) is 1. The van der Waals surface area contributed by atoms with Crippen LogP contribution >= 0.6 is 12.2 Å². The summed E-state index contributed by atoms with van der Waals surface area (Å²) in [5.74, 6) is 0. The molecule has 3 N–H and O–H groups in total. The summed E-state index contributed by atoms with van der Waals surface area (Å²) >= 11 is 4.81. The monoisotopic (exact) mass is 291 g/mol. The Morgan fingerprint density at radius 1 is 1.10 bits per heavy atom. The quantitative estimate of drug-likeness (QED) is 0.313. The molecule has 0 heterocycles. The summed E-state index contributed by atoms with van der Waals surface area (Å²) in [6, 6.07) is 10.2. The first kappa shape index (κ1) is 16.6. The molecule has 1 rings (SSSR count). The highest BCUT2D eigenvalue weighted by atomic mass is 32.1. The van der Waals surface area contributed by atoms with Gasteiger partial charge in [0.05, 0.1) is 5.71 Å². The van der Waals surface area contributed by atoms with Gasteiger partial charge in [-0.05, 0) is 30.6 Å². The molecule has 0 saturated heterocycles. The molecule has 0 saturated carbocycles. The maximum absolute atomic E-state index is 5.44. The molecule has 1 aromatic carbocycles. The number of nitrogens with two attached hydrogens (primary N) is 1. The van der Waals surface area contributed by atoms with Gasteiger partial charge in [-0.15, -0.1) is 0 Å².